The molecule has 0 saturated carbocycles. The number of benzene rings is 2. The van der Waals surface area contributed by atoms with Gasteiger partial charge in [0.05, 0.1) is 26.4 Å². The maximum atomic E-state index is 12.7. The second-order valence-electron chi connectivity index (χ2n) is 7.26. The summed E-state index contributed by atoms with van der Waals surface area (Å²) >= 11 is 0. The largest absolute Gasteiger partial charge is 0.490 e. The summed E-state index contributed by atoms with van der Waals surface area (Å²) in [4.78, 5) is 14.9. The van der Waals surface area contributed by atoms with Crippen LogP contribution in [0.4, 0.5) is 11.4 Å². The van der Waals surface area contributed by atoms with Gasteiger partial charge in [0.1, 0.15) is 11.6 Å². The highest BCUT2D eigenvalue weighted by atomic mass is 16.5. The third kappa shape index (κ3) is 6.25. The second-order valence-corrected chi connectivity index (χ2v) is 7.26. The summed E-state index contributed by atoms with van der Waals surface area (Å²) in [7, 11) is 0. The molecular weight excluding hydrogens is 406 g/mol. The lowest BCUT2D eigenvalue weighted by Gasteiger charge is -2.28. The lowest BCUT2D eigenvalue weighted by Crippen LogP contribution is -2.36. The average molecular weight is 436 g/mol. The van der Waals surface area contributed by atoms with Crippen LogP contribution in [0.1, 0.15) is 25.8 Å². The zero-order valence-corrected chi connectivity index (χ0v) is 18.6. The highest BCUT2D eigenvalue weighted by Gasteiger charge is 2.13. The highest BCUT2D eigenvalue weighted by molar-refractivity contribution is 6.09. The van der Waals surface area contributed by atoms with E-state index in [2.05, 4.69) is 10.2 Å². The first kappa shape index (κ1) is 23.2. The Bertz CT molecular complexity index is 974. The average Bonchev–Trinajstić information content (AvgIpc) is 2.83. The molecule has 2 aromatic carbocycles. The quantitative estimate of drug-likeness (QED) is 0.468. The summed E-state index contributed by atoms with van der Waals surface area (Å²) in [5.74, 6) is 0.774. The van der Waals surface area contributed by atoms with Crippen LogP contribution in [0.2, 0.25) is 0 Å². The fourth-order valence-corrected chi connectivity index (χ4v) is 3.30. The zero-order chi connectivity index (χ0) is 22.8. The van der Waals surface area contributed by atoms with Crippen molar-refractivity contribution in [3.8, 4) is 17.6 Å². The Kier molecular flexibility index (Phi) is 8.52. The van der Waals surface area contributed by atoms with E-state index < -0.39 is 5.91 Å². The van der Waals surface area contributed by atoms with Crippen molar-refractivity contribution in [3.05, 3.63) is 53.6 Å². The van der Waals surface area contributed by atoms with Gasteiger partial charge in [0.25, 0.3) is 5.91 Å². The molecule has 7 nitrogen and oxygen atoms in total. The molecule has 1 aliphatic rings. The van der Waals surface area contributed by atoms with E-state index in [1.165, 1.54) is 0 Å². The molecule has 3 rings (SSSR count). The Hall–Kier alpha value is -3.50. The van der Waals surface area contributed by atoms with Gasteiger partial charge in [-0.3, -0.25) is 4.79 Å². The molecule has 0 bridgehead atoms. The highest BCUT2D eigenvalue weighted by Crippen LogP contribution is 2.29. The summed E-state index contributed by atoms with van der Waals surface area (Å²) in [6, 6.07) is 15.0. The Morgan fingerprint density at radius 3 is 2.53 bits per heavy atom. The van der Waals surface area contributed by atoms with E-state index in [1.807, 2.05) is 44.2 Å². The van der Waals surface area contributed by atoms with Gasteiger partial charge < -0.3 is 24.4 Å². The van der Waals surface area contributed by atoms with Gasteiger partial charge in [0, 0.05) is 24.5 Å². The molecule has 1 aliphatic heterocycles. The lowest BCUT2D eigenvalue weighted by atomic mass is 10.1. The van der Waals surface area contributed by atoms with E-state index in [1.54, 1.807) is 24.3 Å². The number of hydrogen-bond acceptors (Lipinski definition) is 6. The molecule has 0 spiro atoms. The third-order valence-electron chi connectivity index (χ3n) is 4.91. The Labute approximate surface area is 189 Å². The molecule has 0 radical (unpaired) electrons. The predicted molar refractivity (Wildman–Crippen MR) is 125 cm³/mol. The van der Waals surface area contributed by atoms with E-state index in [-0.39, 0.29) is 5.57 Å². The number of nitrogens with one attached hydrogen (secondary N) is 1. The van der Waals surface area contributed by atoms with Crippen LogP contribution in [0.5, 0.6) is 11.5 Å². The SMILES string of the molecule is CCCOc1ccc(/C=C(\C#N)C(=O)Nc2ccc(N3CCOCC3)cc2)cc1OCC. The normalized spacial score (nSPS) is 13.9. The summed E-state index contributed by atoms with van der Waals surface area (Å²) < 4.78 is 16.7. The number of anilines is 2. The number of nitrogens with zero attached hydrogens (tertiary/aromatic N) is 2. The number of rotatable bonds is 9. The van der Waals surface area contributed by atoms with Gasteiger partial charge in [-0.1, -0.05) is 13.0 Å². The molecule has 1 saturated heterocycles. The van der Waals surface area contributed by atoms with Crippen LogP contribution in [-0.2, 0) is 9.53 Å². The summed E-state index contributed by atoms with van der Waals surface area (Å²) in [6.07, 6.45) is 2.43. The van der Waals surface area contributed by atoms with E-state index in [0.717, 1.165) is 25.2 Å². The zero-order valence-electron chi connectivity index (χ0n) is 18.6. The molecule has 1 N–H and O–H groups in total. The van der Waals surface area contributed by atoms with Crippen LogP contribution in [0.25, 0.3) is 6.08 Å². The van der Waals surface area contributed by atoms with Crippen molar-refractivity contribution in [1.29, 1.82) is 5.26 Å². The number of carbonyl (C=O) groups is 1. The molecule has 168 valence electrons. The van der Waals surface area contributed by atoms with Crippen LogP contribution in [0.3, 0.4) is 0 Å². The van der Waals surface area contributed by atoms with E-state index >= 15 is 0 Å². The third-order valence-corrected chi connectivity index (χ3v) is 4.91. The maximum Gasteiger partial charge on any atom is 0.266 e. The minimum atomic E-state index is -0.462. The molecule has 0 unspecified atom stereocenters. The number of hydrogen-bond donors (Lipinski definition) is 1. The van der Waals surface area contributed by atoms with Crippen molar-refractivity contribution in [2.24, 2.45) is 0 Å². The predicted octanol–water partition coefficient (Wildman–Crippen LogP) is 4.26. The molecule has 1 fully saturated rings. The molecule has 0 aromatic heterocycles. The first-order valence-corrected chi connectivity index (χ1v) is 10.9. The molecule has 7 heteroatoms. The first-order valence-electron chi connectivity index (χ1n) is 10.9. The number of nitriles is 1. The Balaban J connectivity index is 1.71. The number of morpholine rings is 1. The number of amides is 1. The van der Waals surface area contributed by atoms with Crippen LogP contribution >= 0.6 is 0 Å². The van der Waals surface area contributed by atoms with Crippen molar-refractivity contribution >= 4 is 23.4 Å². The van der Waals surface area contributed by atoms with Crippen molar-refractivity contribution in [2.75, 3.05) is 49.7 Å². The van der Waals surface area contributed by atoms with Crippen molar-refractivity contribution in [1.82, 2.24) is 0 Å². The lowest BCUT2D eigenvalue weighted by molar-refractivity contribution is -0.112. The van der Waals surface area contributed by atoms with Crippen LogP contribution < -0.4 is 19.7 Å². The first-order chi connectivity index (χ1) is 15.6. The number of carbonyl (C=O) groups excluding carboxylic acids is 1. The van der Waals surface area contributed by atoms with Crippen LogP contribution in [0.15, 0.2) is 48.0 Å². The minimum Gasteiger partial charge on any atom is -0.490 e. The monoisotopic (exact) mass is 435 g/mol. The smallest absolute Gasteiger partial charge is 0.266 e. The fraction of sp³-hybridized carbons (Fsp3) is 0.360. The Morgan fingerprint density at radius 1 is 1.12 bits per heavy atom. The Morgan fingerprint density at radius 2 is 1.88 bits per heavy atom. The molecular formula is C25H29N3O4. The van der Waals surface area contributed by atoms with Gasteiger partial charge in [-0.15, -0.1) is 0 Å². The van der Waals surface area contributed by atoms with Crippen molar-refractivity contribution in [3.63, 3.8) is 0 Å². The molecule has 1 amide bonds. The fourth-order valence-electron chi connectivity index (χ4n) is 3.30. The standard InChI is InChI=1S/C25H29N3O4/c1-3-13-32-23-10-5-19(17-24(23)31-4-2)16-20(18-26)25(29)27-21-6-8-22(9-7-21)28-11-14-30-15-12-28/h5-10,16-17H,3-4,11-15H2,1-2H3,(H,27,29)/b20-16+. The van der Waals surface area contributed by atoms with Crippen molar-refractivity contribution in [2.45, 2.75) is 20.3 Å². The molecule has 2 aromatic rings. The second kappa shape index (κ2) is 11.8. The van der Waals surface area contributed by atoms with Gasteiger partial charge in [-0.2, -0.15) is 5.26 Å². The van der Waals surface area contributed by atoms with Gasteiger partial charge in [-0.25, -0.2) is 0 Å². The van der Waals surface area contributed by atoms with Gasteiger partial charge in [-0.05, 0) is 61.4 Å². The van der Waals surface area contributed by atoms with Crippen LogP contribution in [-0.4, -0.2) is 45.4 Å². The maximum absolute atomic E-state index is 12.7. The minimum absolute atomic E-state index is 0.00642. The van der Waals surface area contributed by atoms with Gasteiger partial charge in [0.15, 0.2) is 11.5 Å². The molecule has 0 atom stereocenters. The van der Waals surface area contributed by atoms with Crippen molar-refractivity contribution < 1.29 is 19.0 Å². The summed E-state index contributed by atoms with van der Waals surface area (Å²) in [6.45, 7) is 8.12. The van der Waals surface area contributed by atoms with E-state index in [9.17, 15) is 10.1 Å². The van der Waals surface area contributed by atoms with E-state index in [0.29, 0.717) is 49.2 Å². The topological polar surface area (TPSA) is 83.8 Å². The van der Waals surface area contributed by atoms with Gasteiger partial charge in [0.2, 0.25) is 0 Å². The van der Waals surface area contributed by atoms with E-state index in [4.69, 9.17) is 14.2 Å². The molecule has 32 heavy (non-hydrogen) atoms. The van der Waals surface area contributed by atoms with Gasteiger partial charge >= 0.3 is 0 Å². The number of ether oxygens (including phenoxy) is 3. The summed E-state index contributed by atoms with van der Waals surface area (Å²) in [5.41, 5.74) is 2.40. The van der Waals surface area contributed by atoms with Crippen LogP contribution in [0, 0.1) is 11.3 Å². The summed E-state index contributed by atoms with van der Waals surface area (Å²) in [5, 5.41) is 12.3. The molecule has 0 aliphatic carbocycles. The molecule has 1 heterocycles.